The SMILES string of the molecule is CC(C)Oc1ccccc1NC(=O)C(C)C1(O)CCN(Cc2ccccc2)CC1. The van der Waals surface area contributed by atoms with Gasteiger partial charge in [-0.1, -0.05) is 49.4 Å². The molecule has 3 rings (SSSR count). The molecule has 2 aromatic rings. The van der Waals surface area contributed by atoms with E-state index in [4.69, 9.17) is 4.74 Å². The highest BCUT2D eigenvalue weighted by Crippen LogP contribution is 2.32. The number of para-hydroxylation sites is 2. The molecular formula is C24H32N2O3. The van der Waals surface area contributed by atoms with E-state index >= 15 is 0 Å². The highest BCUT2D eigenvalue weighted by molar-refractivity contribution is 5.94. The molecule has 5 nitrogen and oxygen atoms in total. The molecular weight excluding hydrogens is 364 g/mol. The van der Waals surface area contributed by atoms with Crippen molar-refractivity contribution in [3.8, 4) is 5.75 Å². The van der Waals surface area contributed by atoms with Gasteiger partial charge in [-0.2, -0.15) is 0 Å². The van der Waals surface area contributed by atoms with Gasteiger partial charge in [0.15, 0.2) is 0 Å². The van der Waals surface area contributed by atoms with E-state index in [9.17, 15) is 9.90 Å². The highest BCUT2D eigenvalue weighted by Gasteiger charge is 2.41. The summed E-state index contributed by atoms with van der Waals surface area (Å²) in [6, 6.07) is 17.8. The molecule has 1 saturated heterocycles. The van der Waals surface area contributed by atoms with E-state index in [1.165, 1.54) is 5.56 Å². The summed E-state index contributed by atoms with van der Waals surface area (Å²) in [7, 11) is 0. The Kier molecular flexibility index (Phi) is 6.93. The first kappa shape index (κ1) is 21.3. The minimum absolute atomic E-state index is 0.0172. The maximum absolute atomic E-state index is 12.9. The van der Waals surface area contributed by atoms with E-state index in [-0.39, 0.29) is 12.0 Å². The van der Waals surface area contributed by atoms with Crippen molar-refractivity contribution in [2.75, 3.05) is 18.4 Å². The summed E-state index contributed by atoms with van der Waals surface area (Å²) in [5, 5.41) is 14.1. The molecule has 156 valence electrons. The standard InChI is InChI=1S/C24H32N2O3/c1-18(2)29-22-12-8-7-11-21(22)25-23(27)19(3)24(28)13-15-26(16-14-24)17-20-9-5-4-6-10-20/h4-12,18-19,28H,13-17H2,1-3H3,(H,25,27). The van der Waals surface area contributed by atoms with Gasteiger partial charge in [0, 0.05) is 19.6 Å². The second-order valence-corrected chi connectivity index (χ2v) is 8.24. The molecule has 0 saturated carbocycles. The topological polar surface area (TPSA) is 61.8 Å². The summed E-state index contributed by atoms with van der Waals surface area (Å²) in [6.45, 7) is 8.14. The van der Waals surface area contributed by atoms with Gasteiger partial charge in [0.25, 0.3) is 0 Å². The maximum Gasteiger partial charge on any atom is 0.230 e. The molecule has 1 aliphatic rings. The number of nitrogens with one attached hydrogen (secondary N) is 1. The molecule has 2 aromatic carbocycles. The molecule has 5 heteroatoms. The lowest BCUT2D eigenvalue weighted by molar-refractivity contribution is -0.132. The zero-order chi connectivity index (χ0) is 20.9. The third-order valence-corrected chi connectivity index (χ3v) is 5.68. The van der Waals surface area contributed by atoms with Gasteiger partial charge < -0.3 is 15.2 Å². The van der Waals surface area contributed by atoms with Crippen LogP contribution in [0.4, 0.5) is 5.69 Å². The number of rotatable bonds is 7. The predicted molar refractivity (Wildman–Crippen MR) is 116 cm³/mol. The molecule has 0 spiro atoms. The largest absolute Gasteiger partial charge is 0.489 e. The van der Waals surface area contributed by atoms with Crippen LogP contribution in [0.2, 0.25) is 0 Å². The Morgan fingerprint density at radius 2 is 1.69 bits per heavy atom. The Morgan fingerprint density at radius 1 is 1.07 bits per heavy atom. The van der Waals surface area contributed by atoms with E-state index in [1.807, 2.05) is 63.2 Å². The number of aliphatic hydroxyl groups is 1. The van der Waals surface area contributed by atoms with Gasteiger partial charge in [0.2, 0.25) is 5.91 Å². The zero-order valence-electron chi connectivity index (χ0n) is 17.6. The fourth-order valence-electron chi connectivity index (χ4n) is 3.78. The van der Waals surface area contributed by atoms with Crippen molar-refractivity contribution in [1.29, 1.82) is 0 Å². The number of piperidine rings is 1. The van der Waals surface area contributed by atoms with E-state index in [0.29, 0.717) is 24.3 Å². The molecule has 29 heavy (non-hydrogen) atoms. The monoisotopic (exact) mass is 396 g/mol. The summed E-state index contributed by atoms with van der Waals surface area (Å²) in [5.41, 5.74) is 0.916. The predicted octanol–water partition coefficient (Wildman–Crippen LogP) is 4.08. The van der Waals surface area contributed by atoms with Crippen LogP contribution in [0, 0.1) is 5.92 Å². The van der Waals surface area contributed by atoms with E-state index in [0.717, 1.165) is 19.6 Å². The van der Waals surface area contributed by atoms with Crippen LogP contribution in [0.15, 0.2) is 54.6 Å². The average molecular weight is 397 g/mol. The second kappa shape index (κ2) is 9.42. The van der Waals surface area contributed by atoms with Crippen LogP contribution in [0.3, 0.4) is 0 Å². The van der Waals surface area contributed by atoms with E-state index in [1.54, 1.807) is 0 Å². The minimum Gasteiger partial charge on any atom is -0.489 e. The highest BCUT2D eigenvalue weighted by atomic mass is 16.5. The van der Waals surface area contributed by atoms with Crippen molar-refractivity contribution in [3.05, 3.63) is 60.2 Å². The second-order valence-electron chi connectivity index (χ2n) is 8.24. The summed E-state index contributed by atoms with van der Waals surface area (Å²) in [4.78, 5) is 15.2. The molecule has 0 bridgehead atoms. The number of carbonyl (C=O) groups excluding carboxylic acids is 1. The molecule has 1 heterocycles. The van der Waals surface area contributed by atoms with Crippen molar-refractivity contribution in [3.63, 3.8) is 0 Å². The van der Waals surface area contributed by atoms with Gasteiger partial charge in [-0.15, -0.1) is 0 Å². The Balaban J connectivity index is 1.59. The van der Waals surface area contributed by atoms with E-state index < -0.39 is 11.5 Å². The normalized spacial score (nSPS) is 17.7. The number of likely N-dealkylation sites (tertiary alicyclic amines) is 1. The van der Waals surface area contributed by atoms with Crippen molar-refractivity contribution >= 4 is 11.6 Å². The number of ether oxygens (including phenoxy) is 1. The number of nitrogens with zero attached hydrogens (tertiary/aromatic N) is 1. The molecule has 0 radical (unpaired) electrons. The maximum atomic E-state index is 12.9. The van der Waals surface area contributed by atoms with Crippen molar-refractivity contribution in [2.45, 2.75) is 51.9 Å². The fourth-order valence-corrected chi connectivity index (χ4v) is 3.78. The summed E-state index contributed by atoms with van der Waals surface area (Å²) >= 11 is 0. The van der Waals surface area contributed by atoms with Crippen molar-refractivity contribution in [2.24, 2.45) is 5.92 Å². The first-order valence-corrected chi connectivity index (χ1v) is 10.4. The number of carbonyl (C=O) groups is 1. The summed E-state index contributed by atoms with van der Waals surface area (Å²) in [5.74, 6) is -0.0370. The summed E-state index contributed by atoms with van der Waals surface area (Å²) in [6.07, 6.45) is 1.18. The lowest BCUT2D eigenvalue weighted by Crippen LogP contribution is -2.51. The molecule has 0 aliphatic carbocycles. The van der Waals surface area contributed by atoms with Crippen LogP contribution in [-0.2, 0) is 11.3 Å². The first-order valence-electron chi connectivity index (χ1n) is 10.4. The Morgan fingerprint density at radius 3 is 2.34 bits per heavy atom. The van der Waals surface area contributed by atoms with Crippen LogP contribution in [0.5, 0.6) is 5.75 Å². The number of benzene rings is 2. The number of amides is 1. The smallest absolute Gasteiger partial charge is 0.230 e. The molecule has 1 amide bonds. The summed E-state index contributed by atoms with van der Waals surface area (Å²) < 4.78 is 5.78. The van der Waals surface area contributed by atoms with Gasteiger partial charge in [-0.25, -0.2) is 0 Å². The Labute approximate surface area is 173 Å². The third kappa shape index (κ3) is 5.58. The molecule has 1 aliphatic heterocycles. The quantitative estimate of drug-likeness (QED) is 0.740. The zero-order valence-corrected chi connectivity index (χ0v) is 17.6. The van der Waals surface area contributed by atoms with Gasteiger partial charge >= 0.3 is 0 Å². The van der Waals surface area contributed by atoms with Crippen LogP contribution in [0.1, 0.15) is 39.2 Å². The molecule has 1 atom stereocenters. The molecule has 2 N–H and O–H groups in total. The van der Waals surface area contributed by atoms with Crippen molar-refractivity contribution < 1.29 is 14.6 Å². The van der Waals surface area contributed by atoms with Crippen LogP contribution in [-0.4, -0.2) is 40.7 Å². The molecule has 1 unspecified atom stereocenters. The average Bonchev–Trinajstić information content (AvgIpc) is 2.71. The van der Waals surface area contributed by atoms with Crippen LogP contribution in [0.25, 0.3) is 0 Å². The van der Waals surface area contributed by atoms with E-state index in [2.05, 4.69) is 22.3 Å². The first-order chi connectivity index (χ1) is 13.9. The number of anilines is 1. The minimum atomic E-state index is -0.995. The molecule has 0 aromatic heterocycles. The molecule has 1 fully saturated rings. The van der Waals surface area contributed by atoms with Crippen LogP contribution < -0.4 is 10.1 Å². The van der Waals surface area contributed by atoms with Gasteiger partial charge in [0.1, 0.15) is 5.75 Å². The third-order valence-electron chi connectivity index (χ3n) is 5.68. The van der Waals surface area contributed by atoms with Gasteiger partial charge in [0.05, 0.1) is 23.3 Å². The van der Waals surface area contributed by atoms with Gasteiger partial charge in [-0.05, 0) is 44.4 Å². The fraction of sp³-hybridized carbons (Fsp3) is 0.458. The Hall–Kier alpha value is -2.37. The Bertz CT molecular complexity index is 799. The number of hydrogen-bond acceptors (Lipinski definition) is 4. The lowest BCUT2D eigenvalue weighted by atomic mass is 9.80. The van der Waals surface area contributed by atoms with Gasteiger partial charge in [-0.3, -0.25) is 9.69 Å². The number of hydrogen-bond donors (Lipinski definition) is 2. The van der Waals surface area contributed by atoms with Crippen molar-refractivity contribution in [1.82, 2.24) is 4.90 Å². The van der Waals surface area contributed by atoms with Crippen LogP contribution >= 0.6 is 0 Å². The lowest BCUT2D eigenvalue weighted by Gasteiger charge is -2.41.